The summed E-state index contributed by atoms with van der Waals surface area (Å²) < 4.78 is 5.54. The van der Waals surface area contributed by atoms with Crippen LogP contribution in [0.5, 0.6) is 0 Å². The van der Waals surface area contributed by atoms with Crippen LogP contribution >= 0.6 is 22.9 Å². The van der Waals surface area contributed by atoms with Crippen molar-refractivity contribution < 1.29 is 4.74 Å². The molecule has 0 spiro atoms. The number of nitrogens with zero attached hydrogens (tertiary/aromatic N) is 3. The summed E-state index contributed by atoms with van der Waals surface area (Å²) in [6.07, 6.45) is 0. The fourth-order valence-electron chi connectivity index (χ4n) is 3.36. The van der Waals surface area contributed by atoms with Crippen LogP contribution in [0.4, 0.5) is 0 Å². The summed E-state index contributed by atoms with van der Waals surface area (Å²) in [5, 5.41) is 8.68. The van der Waals surface area contributed by atoms with Crippen molar-refractivity contribution in [2.45, 2.75) is 33.4 Å². The molecule has 2 heterocycles. The summed E-state index contributed by atoms with van der Waals surface area (Å²) in [4.78, 5) is 13.0. The van der Waals surface area contributed by atoms with Gasteiger partial charge in [0.15, 0.2) is 5.96 Å². The first kappa shape index (κ1) is 22.0. The summed E-state index contributed by atoms with van der Waals surface area (Å²) in [5.74, 6) is 0.795. The van der Waals surface area contributed by atoms with Gasteiger partial charge in [0, 0.05) is 36.1 Å². The van der Waals surface area contributed by atoms with E-state index in [1.165, 1.54) is 4.88 Å². The Labute approximate surface area is 182 Å². The van der Waals surface area contributed by atoms with E-state index in [0.717, 1.165) is 60.1 Å². The van der Waals surface area contributed by atoms with E-state index < -0.39 is 0 Å². The number of nitrogens with one attached hydrogen (secondary N) is 2. The SMILES string of the molecule is CCNC(=NCc1nc(C)c(C)s1)NCC(c1ccccc1Cl)N1CCOCC1. The molecule has 29 heavy (non-hydrogen) atoms. The summed E-state index contributed by atoms with van der Waals surface area (Å²) in [7, 11) is 0. The first-order valence-corrected chi connectivity index (χ1v) is 11.3. The van der Waals surface area contributed by atoms with E-state index in [0.29, 0.717) is 13.1 Å². The van der Waals surface area contributed by atoms with Crippen LogP contribution in [-0.2, 0) is 11.3 Å². The van der Waals surface area contributed by atoms with Crippen LogP contribution < -0.4 is 10.6 Å². The number of hydrogen-bond acceptors (Lipinski definition) is 5. The van der Waals surface area contributed by atoms with Crippen LogP contribution in [0, 0.1) is 13.8 Å². The van der Waals surface area contributed by atoms with Gasteiger partial charge in [-0.05, 0) is 32.4 Å². The number of guanidine groups is 1. The molecule has 1 unspecified atom stereocenters. The molecular formula is C21H30ClN5OS. The zero-order valence-electron chi connectivity index (χ0n) is 17.4. The zero-order chi connectivity index (χ0) is 20.6. The van der Waals surface area contributed by atoms with Crippen LogP contribution in [0.2, 0.25) is 5.02 Å². The van der Waals surface area contributed by atoms with Crippen molar-refractivity contribution >= 4 is 28.9 Å². The van der Waals surface area contributed by atoms with E-state index in [1.54, 1.807) is 11.3 Å². The van der Waals surface area contributed by atoms with E-state index in [9.17, 15) is 0 Å². The Kier molecular flexibility index (Phi) is 8.29. The fraction of sp³-hybridized carbons (Fsp3) is 0.524. The number of rotatable bonds is 7. The lowest BCUT2D eigenvalue weighted by molar-refractivity contribution is 0.0170. The molecule has 1 fully saturated rings. The van der Waals surface area contributed by atoms with Crippen LogP contribution in [-0.4, -0.2) is 55.2 Å². The average molecular weight is 436 g/mol. The van der Waals surface area contributed by atoms with E-state index in [2.05, 4.69) is 40.4 Å². The lowest BCUT2D eigenvalue weighted by atomic mass is 10.0. The van der Waals surface area contributed by atoms with Gasteiger partial charge in [-0.25, -0.2) is 9.98 Å². The number of aromatic nitrogens is 1. The molecule has 1 aromatic carbocycles. The molecule has 6 nitrogen and oxygen atoms in total. The number of aryl methyl sites for hydroxylation is 2. The monoisotopic (exact) mass is 435 g/mol. The maximum atomic E-state index is 6.53. The van der Waals surface area contributed by atoms with Crippen LogP contribution in [0.3, 0.4) is 0 Å². The summed E-state index contributed by atoms with van der Waals surface area (Å²) in [5.41, 5.74) is 2.22. The molecule has 8 heteroatoms. The molecular weight excluding hydrogens is 406 g/mol. The summed E-state index contributed by atoms with van der Waals surface area (Å²) in [6, 6.07) is 8.23. The lowest BCUT2D eigenvalue weighted by Gasteiger charge is -2.35. The molecule has 1 atom stereocenters. The molecule has 2 N–H and O–H groups in total. The van der Waals surface area contributed by atoms with Crippen molar-refractivity contribution in [3.8, 4) is 0 Å². The largest absolute Gasteiger partial charge is 0.379 e. The number of hydrogen-bond donors (Lipinski definition) is 2. The van der Waals surface area contributed by atoms with Gasteiger partial charge in [0.1, 0.15) is 5.01 Å². The Morgan fingerprint density at radius 1 is 1.28 bits per heavy atom. The molecule has 158 valence electrons. The zero-order valence-corrected chi connectivity index (χ0v) is 18.9. The molecule has 1 saturated heterocycles. The quantitative estimate of drug-likeness (QED) is 0.514. The number of benzene rings is 1. The summed E-state index contributed by atoms with van der Waals surface area (Å²) in [6.45, 7) is 11.6. The molecule has 0 radical (unpaired) electrons. The Bertz CT molecular complexity index is 800. The second-order valence-corrected chi connectivity index (χ2v) is 8.71. The third kappa shape index (κ3) is 6.15. The molecule has 0 aliphatic carbocycles. The first-order chi connectivity index (χ1) is 14.1. The predicted octanol–water partition coefficient (Wildman–Crippen LogP) is 3.54. The minimum absolute atomic E-state index is 0.154. The van der Waals surface area contributed by atoms with Gasteiger partial charge >= 0.3 is 0 Å². The maximum absolute atomic E-state index is 6.53. The van der Waals surface area contributed by atoms with Crippen molar-refractivity contribution in [2.24, 2.45) is 4.99 Å². The van der Waals surface area contributed by atoms with Gasteiger partial charge in [-0.1, -0.05) is 29.8 Å². The van der Waals surface area contributed by atoms with Crippen LogP contribution in [0.25, 0.3) is 0 Å². The van der Waals surface area contributed by atoms with Gasteiger partial charge in [0.05, 0.1) is 31.5 Å². The van der Waals surface area contributed by atoms with Crippen molar-refractivity contribution in [3.05, 3.63) is 50.4 Å². The van der Waals surface area contributed by atoms with E-state index in [4.69, 9.17) is 21.3 Å². The second kappa shape index (κ2) is 10.9. The third-order valence-electron chi connectivity index (χ3n) is 5.00. The Balaban J connectivity index is 1.72. The Morgan fingerprint density at radius 2 is 2.03 bits per heavy atom. The maximum Gasteiger partial charge on any atom is 0.191 e. The van der Waals surface area contributed by atoms with Gasteiger partial charge in [0.2, 0.25) is 0 Å². The topological polar surface area (TPSA) is 61.8 Å². The van der Waals surface area contributed by atoms with Gasteiger partial charge in [-0.15, -0.1) is 11.3 Å². The van der Waals surface area contributed by atoms with E-state index in [-0.39, 0.29) is 6.04 Å². The number of thiazole rings is 1. The summed E-state index contributed by atoms with van der Waals surface area (Å²) >= 11 is 8.24. The highest BCUT2D eigenvalue weighted by atomic mass is 35.5. The molecule has 1 aromatic heterocycles. The predicted molar refractivity (Wildman–Crippen MR) is 121 cm³/mol. The molecule has 0 amide bonds. The molecule has 1 aliphatic rings. The van der Waals surface area contributed by atoms with Crippen LogP contribution in [0.15, 0.2) is 29.3 Å². The van der Waals surface area contributed by atoms with Gasteiger partial charge in [-0.2, -0.15) is 0 Å². The van der Waals surface area contributed by atoms with E-state index >= 15 is 0 Å². The number of ether oxygens (including phenoxy) is 1. The van der Waals surface area contributed by atoms with Gasteiger partial charge < -0.3 is 15.4 Å². The standard InChI is InChI=1S/C21H30ClN5OS/c1-4-23-21(25-14-20-26-15(2)16(3)29-20)24-13-19(27-9-11-28-12-10-27)17-7-5-6-8-18(17)22/h5-8,19H,4,9-14H2,1-3H3,(H2,23,24,25). The van der Waals surface area contributed by atoms with E-state index in [1.807, 2.05) is 25.1 Å². The minimum Gasteiger partial charge on any atom is -0.379 e. The highest BCUT2D eigenvalue weighted by Gasteiger charge is 2.24. The normalized spacial score (nSPS) is 16.6. The molecule has 0 saturated carbocycles. The smallest absolute Gasteiger partial charge is 0.191 e. The second-order valence-electron chi connectivity index (χ2n) is 7.01. The van der Waals surface area contributed by atoms with Gasteiger partial charge in [-0.3, -0.25) is 4.90 Å². The Morgan fingerprint density at radius 3 is 2.69 bits per heavy atom. The highest BCUT2D eigenvalue weighted by molar-refractivity contribution is 7.11. The van der Waals surface area contributed by atoms with Crippen molar-refractivity contribution in [1.82, 2.24) is 20.5 Å². The molecule has 1 aliphatic heterocycles. The van der Waals surface area contributed by atoms with Crippen molar-refractivity contribution in [1.29, 1.82) is 0 Å². The highest BCUT2D eigenvalue weighted by Crippen LogP contribution is 2.27. The van der Waals surface area contributed by atoms with Crippen molar-refractivity contribution in [2.75, 3.05) is 39.4 Å². The first-order valence-electron chi connectivity index (χ1n) is 10.1. The number of morpholine rings is 1. The average Bonchev–Trinajstić information content (AvgIpc) is 3.05. The number of halogens is 1. The minimum atomic E-state index is 0.154. The molecule has 0 bridgehead atoms. The molecule has 3 rings (SSSR count). The fourth-order valence-corrected chi connectivity index (χ4v) is 4.48. The third-order valence-corrected chi connectivity index (χ3v) is 6.40. The lowest BCUT2D eigenvalue weighted by Crippen LogP contribution is -2.46. The Hall–Kier alpha value is -1.67. The van der Waals surface area contributed by atoms with Crippen molar-refractivity contribution in [3.63, 3.8) is 0 Å². The van der Waals surface area contributed by atoms with Crippen LogP contribution in [0.1, 0.15) is 34.1 Å². The van der Waals surface area contributed by atoms with Gasteiger partial charge in [0.25, 0.3) is 0 Å². The number of aliphatic imine (C=N–C) groups is 1. The molecule has 2 aromatic rings.